The molecule has 0 bridgehead atoms. The van der Waals surface area contributed by atoms with Crippen LogP contribution in [0.2, 0.25) is 0 Å². The predicted molar refractivity (Wildman–Crippen MR) is 185 cm³/mol. The molecule has 7 rings (SSSR count). The number of thiazole rings is 1. The van der Waals surface area contributed by atoms with E-state index < -0.39 is 15.9 Å². The van der Waals surface area contributed by atoms with Crippen molar-refractivity contribution in [3.63, 3.8) is 0 Å². The molecule has 2 aliphatic rings. The number of allylic oxidation sites excluding steroid dienone is 1. The molecule has 2 heterocycles. The van der Waals surface area contributed by atoms with E-state index in [0.29, 0.717) is 37.1 Å². The third-order valence-corrected chi connectivity index (χ3v) is 10.2. The van der Waals surface area contributed by atoms with Crippen LogP contribution in [0.25, 0.3) is 11.8 Å². The number of nitrogens with zero attached hydrogens (tertiary/aromatic N) is 4. The fourth-order valence-corrected chi connectivity index (χ4v) is 8.35. The van der Waals surface area contributed by atoms with Crippen LogP contribution < -0.4 is 19.6 Å². The number of aryl methyl sites for hydroxylation is 1. The summed E-state index contributed by atoms with van der Waals surface area (Å²) in [5, 5.41) is 22.8. The number of hydrogen-bond acceptors (Lipinski definition) is 8. The lowest BCUT2D eigenvalue weighted by molar-refractivity contribution is -0.385. The van der Waals surface area contributed by atoms with Gasteiger partial charge in [0.2, 0.25) is 0 Å². The van der Waals surface area contributed by atoms with Gasteiger partial charge in [-0.1, -0.05) is 63.7 Å². The Hall–Kier alpha value is -4.72. The summed E-state index contributed by atoms with van der Waals surface area (Å²) in [6.07, 6.45) is 3.18. The highest BCUT2D eigenvalue weighted by Gasteiger charge is 2.33. The van der Waals surface area contributed by atoms with E-state index in [1.807, 2.05) is 36.4 Å². The Labute approximate surface area is 287 Å². The van der Waals surface area contributed by atoms with Gasteiger partial charge >= 0.3 is 0 Å². The highest BCUT2D eigenvalue weighted by Crippen LogP contribution is 2.42. The highest BCUT2D eigenvalue weighted by molar-refractivity contribution is 9.11. The second kappa shape index (κ2) is 12.5. The maximum atomic E-state index is 14.3. The van der Waals surface area contributed by atoms with Crippen molar-refractivity contribution in [1.29, 1.82) is 0 Å². The second-order valence-corrected chi connectivity index (χ2v) is 13.8. The zero-order valence-corrected chi connectivity index (χ0v) is 28.2. The Kier molecular flexibility index (Phi) is 8.20. The van der Waals surface area contributed by atoms with Gasteiger partial charge < -0.3 is 4.74 Å². The molecule has 0 radical (unpaired) electrons. The SMILES string of the molecule is O=c1/c(=C\c2cc(Br)cc(Br)c2OCc2ccc([N+](=O)[O-])cc2)sc2n1[C@H](c1cccc([N+](=O)[O-])c1)C1=C(N=2)c2ccccc2CC1. The van der Waals surface area contributed by atoms with E-state index in [1.54, 1.807) is 28.8 Å². The van der Waals surface area contributed by atoms with Crippen LogP contribution in [-0.4, -0.2) is 14.4 Å². The summed E-state index contributed by atoms with van der Waals surface area (Å²) in [7, 11) is 0. The van der Waals surface area contributed by atoms with E-state index in [9.17, 15) is 25.0 Å². The van der Waals surface area contributed by atoms with Crippen molar-refractivity contribution in [2.45, 2.75) is 25.5 Å². The molecule has 0 N–H and O–H groups in total. The van der Waals surface area contributed by atoms with Crippen LogP contribution in [0.5, 0.6) is 5.75 Å². The molecule has 1 aromatic heterocycles. The monoisotopic (exact) mass is 772 g/mol. The molecule has 1 aliphatic heterocycles. The van der Waals surface area contributed by atoms with Crippen molar-refractivity contribution in [2.75, 3.05) is 0 Å². The van der Waals surface area contributed by atoms with Gasteiger partial charge in [-0.15, -0.1) is 0 Å². The van der Waals surface area contributed by atoms with Crippen LogP contribution in [0.4, 0.5) is 11.4 Å². The fraction of sp³-hybridized carbons (Fsp3) is 0.118. The minimum absolute atomic E-state index is 0.0109. The minimum atomic E-state index is -0.566. The highest BCUT2D eigenvalue weighted by atomic mass is 79.9. The van der Waals surface area contributed by atoms with Gasteiger partial charge in [-0.05, 0) is 81.4 Å². The van der Waals surface area contributed by atoms with E-state index in [-0.39, 0.29) is 23.5 Å². The summed E-state index contributed by atoms with van der Waals surface area (Å²) in [5.74, 6) is 0.487. The van der Waals surface area contributed by atoms with Crippen LogP contribution in [0.1, 0.15) is 40.3 Å². The normalized spacial score (nSPS) is 15.4. The van der Waals surface area contributed by atoms with Crippen molar-refractivity contribution in [2.24, 2.45) is 4.99 Å². The van der Waals surface area contributed by atoms with E-state index >= 15 is 0 Å². The number of non-ortho nitro benzene ring substituents is 2. The van der Waals surface area contributed by atoms with Gasteiger partial charge in [0.05, 0.1) is 30.6 Å². The predicted octanol–water partition coefficient (Wildman–Crippen LogP) is 7.24. The Morgan fingerprint density at radius 1 is 0.936 bits per heavy atom. The Morgan fingerprint density at radius 3 is 2.47 bits per heavy atom. The molecule has 0 unspecified atom stereocenters. The van der Waals surface area contributed by atoms with Crippen molar-refractivity contribution in [3.8, 4) is 5.75 Å². The summed E-state index contributed by atoms with van der Waals surface area (Å²) >= 11 is 8.37. The summed E-state index contributed by atoms with van der Waals surface area (Å²) < 4.78 is 9.66. The summed E-state index contributed by atoms with van der Waals surface area (Å²) in [6.45, 7) is 0.138. The van der Waals surface area contributed by atoms with Crippen LogP contribution in [0, 0.1) is 20.2 Å². The summed E-state index contributed by atoms with van der Waals surface area (Å²) in [4.78, 5) is 41.7. The molecule has 0 spiro atoms. The number of ether oxygens (including phenoxy) is 1. The molecule has 1 atom stereocenters. The molecular weight excluding hydrogens is 752 g/mol. The molecule has 47 heavy (non-hydrogen) atoms. The van der Waals surface area contributed by atoms with Crippen molar-refractivity contribution in [1.82, 2.24) is 4.57 Å². The average Bonchev–Trinajstić information content (AvgIpc) is 3.37. The second-order valence-electron chi connectivity index (χ2n) is 11.0. The molecule has 0 amide bonds. The van der Waals surface area contributed by atoms with Crippen LogP contribution in [0.15, 0.2) is 109 Å². The first-order chi connectivity index (χ1) is 22.7. The van der Waals surface area contributed by atoms with E-state index in [1.165, 1.54) is 41.2 Å². The van der Waals surface area contributed by atoms with Gasteiger partial charge in [-0.25, -0.2) is 4.99 Å². The molecule has 13 heteroatoms. The van der Waals surface area contributed by atoms with E-state index in [0.717, 1.165) is 33.3 Å². The molecule has 4 aromatic carbocycles. The summed E-state index contributed by atoms with van der Waals surface area (Å²) in [5.41, 5.74) is 5.59. The zero-order valence-electron chi connectivity index (χ0n) is 24.3. The number of rotatable bonds is 7. The third-order valence-electron chi connectivity index (χ3n) is 8.12. The topological polar surface area (TPSA) is 130 Å². The van der Waals surface area contributed by atoms with E-state index in [2.05, 4.69) is 37.9 Å². The van der Waals surface area contributed by atoms with Crippen LogP contribution in [0.3, 0.4) is 0 Å². The first kappa shape index (κ1) is 30.9. The Morgan fingerprint density at radius 2 is 1.70 bits per heavy atom. The lowest BCUT2D eigenvalue weighted by Crippen LogP contribution is -2.38. The largest absolute Gasteiger partial charge is 0.487 e. The minimum Gasteiger partial charge on any atom is -0.487 e. The standard InChI is InChI=1S/C34H22Br2N4O6S/c35-23-14-22(32(28(36)17-23)46-18-19-8-11-24(12-9-19)39(42)43)16-29-33(41)38-31(21-5-3-6-25(15-21)40(44)45)27-13-10-20-4-1-2-7-26(20)30(27)37-34(38)47-29/h1-9,11-12,14-17,31H,10,13,18H2/b29-16+/t31-/m1/s1. The number of fused-ring (bicyclic) bond motifs is 3. The first-order valence-electron chi connectivity index (χ1n) is 14.4. The van der Waals surface area contributed by atoms with Gasteiger partial charge in [-0.3, -0.25) is 29.6 Å². The molecule has 0 fully saturated rings. The van der Waals surface area contributed by atoms with Gasteiger partial charge in [0.1, 0.15) is 12.4 Å². The zero-order chi connectivity index (χ0) is 32.8. The molecule has 0 saturated carbocycles. The Bertz CT molecular complexity index is 2330. The number of benzene rings is 4. The lowest BCUT2D eigenvalue weighted by atomic mass is 9.83. The van der Waals surface area contributed by atoms with Crippen molar-refractivity contribution >= 4 is 66.3 Å². The maximum absolute atomic E-state index is 14.3. The molecule has 1 aliphatic carbocycles. The smallest absolute Gasteiger partial charge is 0.271 e. The quantitative estimate of drug-likeness (QED) is 0.127. The Balaban J connectivity index is 1.37. The number of hydrogen-bond donors (Lipinski definition) is 0. The third kappa shape index (κ3) is 5.86. The number of halogens is 2. The van der Waals surface area contributed by atoms with Gasteiger partial charge in [0, 0.05) is 39.9 Å². The van der Waals surface area contributed by atoms with Gasteiger partial charge in [-0.2, -0.15) is 0 Å². The van der Waals surface area contributed by atoms with Gasteiger partial charge in [0.25, 0.3) is 16.9 Å². The molecule has 234 valence electrons. The van der Waals surface area contributed by atoms with Crippen LogP contribution >= 0.6 is 43.2 Å². The molecular formula is C34H22Br2N4O6S. The van der Waals surface area contributed by atoms with E-state index in [4.69, 9.17) is 9.73 Å². The fourth-order valence-electron chi connectivity index (χ4n) is 5.98. The molecule has 5 aromatic rings. The number of nitro benzene ring substituents is 2. The lowest BCUT2D eigenvalue weighted by Gasteiger charge is -2.30. The van der Waals surface area contributed by atoms with Crippen molar-refractivity contribution in [3.05, 3.63) is 167 Å². The first-order valence-corrected chi connectivity index (χ1v) is 16.8. The van der Waals surface area contributed by atoms with Crippen LogP contribution in [-0.2, 0) is 13.0 Å². The van der Waals surface area contributed by atoms with Crippen molar-refractivity contribution < 1.29 is 14.6 Å². The molecule has 0 saturated heterocycles. The maximum Gasteiger partial charge on any atom is 0.271 e. The average molecular weight is 774 g/mol. The number of nitro groups is 2. The molecule has 10 nitrogen and oxygen atoms in total. The summed E-state index contributed by atoms with van der Waals surface area (Å²) in [6, 6.07) is 23.7. The van der Waals surface area contributed by atoms with Gasteiger partial charge in [0.15, 0.2) is 4.80 Å². The number of aromatic nitrogens is 1.